The maximum Gasteiger partial charge on any atom is 0.276 e. The molecule has 10 heteroatoms. The molecule has 1 amide bonds. The largest absolute Gasteiger partial charge is 0.411 e. The summed E-state index contributed by atoms with van der Waals surface area (Å²) >= 11 is 1.20. The van der Waals surface area contributed by atoms with Gasteiger partial charge in [0, 0.05) is 29.4 Å². The molecule has 0 saturated carbocycles. The molecule has 0 fully saturated rings. The van der Waals surface area contributed by atoms with Crippen LogP contribution in [0.1, 0.15) is 10.4 Å². The molecule has 146 valence electrons. The highest BCUT2D eigenvalue weighted by Gasteiger charge is 2.40. The summed E-state index contributed by atoms with van der Waals surface area (Å²) in [6.45, 7) is 0.0192. The third-order valence-electron chi connectivity index (χ3n) is 4.66. The molecule has 0 radical (unpaired) electrons. The number of carbonyl (C=O) groups excluding carboxylic acids is 1. The summed E-state index contributed by atoms with van der Waals surface area (Å²) in [6.07, 6.45) is 1.80. The molecule has 4 aromatic rings. The topological polar surface area (TPSA) is 109 Å². The van der Waals surface area contributed by atoms with E-state index in [9.17, 15) is 13.2 Å². The van der Waals surface area contributed by atoms with E-state index in [-0.39, 0.29) is 17.0 Å². The van der Waals surface area contributed by atoms with E-state index in [1.54, 1.807) is 18.3 Å². The Kier molecular flexibility index (Phi) is 4.18. The smallest absolute Gasteiger partial charge is 0.276 e. The van der Waals surface area contributed by atoms with Gasteiger partial charge in [0.15, 0.2) is 0 Å². The van der Waals surface area contributed by atoms with Crippen LogP contribution >= 0.6 is 11.8 Å². The van der Waals surface area contributed by atoms with Gasteiger partial charge in [-0.15, -0.1) is 10.2 Å². The summed E-state index contributed by atoms with van der Waals surface area (Å²) < 4.78 is 31.7. The third kappa shape index (κ3) is 2.91. The lowest BCUT2D eigenvalue weighted by Gasteiger charge is -2.13. The first-order valence-electron chi connectivity index (χ1n) is 8.74. The number of benzene rings is 2. The summed E-state index contributed by atoms with van der Waals surface area (Å²) in [5, 5.41) is 9.38. The summed E-state index contributed by atoms with van der Waals surface area (Å²) in [4.78, 5) is 15.6. The number of nitrogens with one attached hydrogen (secondary N) is 1. The normalized spacial score (nSPS) is 15.2. The molecule has 0 bridgehead atoms. The van der Waals surface area contributed by atoms with Crippen LogP contribution in [0.15, 0.2) is 69.3 Å². The number of thioether (sulfide) groups is 1. The Labute approximate surface area is 170 Å². The van der Waals surface area contributed by atoms with Crippen LogP contribution in [0.3, 0.4) is 0 Å². The second-order valence-electron chi connectivity index (χ2n) is 6.35. The predicted molar refractivity (Wildman–Crippen MR) is 107 cm³/mol. The van der Waals surface area contributed by atoms with Gasteiger partial charge >= 0.3 is 0 Å². The van der Waals surface area contributed by atoms with Gasteiger partial charge in [-0.2, -0.15) is 0 Å². The van der Waals surface area contributed by atoms with Gasteiger partial charge in [0.25, 0.3) is 27.0 Å². The second-order valence-corrected chi connectivity index (χ2v) is 9.22. The zero-order valence-corrected chi connectivity index (χ0v) is 16.5. The molecule has 8 nitrogen and oxygen atoms in total. The molecule has 0 unspecified atom stereocenters. The van der Waals surface area contributed by atoms with Gasteiger partial charge in [-0.3, -0.25) is 4.79 Å². The average molecular weight is 426 g/mol. The van der Waals surface area contributed by atoms with Gasteiger partial charge in [-0.1, -0.05) is 42.1 Å². The van der Waals surface area contributed by atoms with Crippen molar-refractivity contribution in [3.8, 4) is 11.5 Å². The fraction of sp³-hybridized carbons (Fsp3) is 0.105. The Morgan fingerprint density at radius 1 is 1.03 bits per heavy atom. The minimum atomic E-state index is -3.80. The first-order valence-corrected chi connectivity index (χ1v) is 11.2. The van der Waals surface area contributed by atoms with Crippen molar-refractivity contribution in [2.75, 3.05) is 12.3 Å². The predicted octanol–water partition coefficient (Wildman–Crippen LogP) is 3.15. The number of nitrogens with zero attached hydrogens (tertiary/aromatic N) is 3. The number of hydrogen-bond donors (Lipinski definition) is 1. The fourth-order valence-corrected chi connectivity index (χ4v) is 5.66. The summed E-state index contributed by atoms with van der Waals surface area (Å²) in [6, 6.07) is 14.0. The van der Waals surface area contributed by atoms with Crippen molar-refractivity contribution in [2.45, 2.75) is 10.1 Å². The van der Waals surface area contributed by atoms with Gasteiger partial charge in [-0.05, 0) is 18.2 Å². The van der Waals surface area contributed by atoms with E-state index in [0.29, 0.717) is 16.9 Å². The Morgan fingerprint density at radius 2 is 1.83 bits per heavy atom. The molecule has 3 heterocycles. The van der Waals surface area contributed by atoms with Crippen LogP contribution < -0.4 is 0 Å². The van der Waals surface area contributed by atoms with E-state index in [4.69, 9.17) is 4.42 Å². The SMILES string of the molecule is O=C1c2ccccc2S(=O)(=O)N1CCSc1nnc(-c2c[nH]c3ccccc23)o1. The van der Waals surface area contributed by atoms with E-state index in [1.165, 1.54) is 23.9 Å². The number of hydrogen-bond acceptors (Lipinski definition) is 7. The molecule has 0 saturated heterocycles. The molecular formula is C19H14N4O4S2. The van der Waals surface area contributed by atoms with E-state index in [0.717, 1.165) is 20.8 Å². The lowest BCUT2D eigenvalue weighted by Crippen LogP contribution is -2.32. The number of aromatic nitrogens is 3. The molecule has 5 rings (SSSR count). The Balaban J connectivity index is 1.30. The molecular weight excluding hydrogens is 412 g/mol. The van der Waals surface area contributed by atoms with E-state index >= 15 is 0 Å². The van der Waals surface area contributed by atoms with Crippen LogP contribution in [-0.4, -0.2) is 46.1 Å². The number of fused-ring (bicyclic) bond motifs is 2. The van der Waals surface area contributed by atoms with Crippen molar-refractivity contribution in [1.82, 2.24) is 19.5 Å². The quantitative estimate of drug-likeness (QED) is 0.488. The van der Waals surface area contributed by atoms with Gasteiger partial charge in [0.2, 0.25) is 0 Å². The van der Waals surface area contributed by atoms with Crippen LogP contribution in [0.4, 0.5) is 0 Å². The summed E-state index contributed by atoms with van der Waals surface area (Å²) in [5.74, 6) is 0.169. The summed E-state index contributed by atoms with van der Waals surface area (Å²) in [5.41, 5.74) is 1.97. The minimum Gasteiger partial charge on any atom is -0.411 e. The van der Waals surface area contributed by atoms with Crippen LogP contribution in [0.25, 0.3) is 22.4 Å². The van der Waals surface area contributed by atoms with Crippen LogP contribution in [0.5, 0.6) is 0 Å². The molecule has 0 aliphatic carbocycles. The molecule has 2 aromatic heterocycles. The number of amides is 1. The maximum atomic E-state index is 12.6. The number of sulfonamides is 1. The summed E-state index contributed by atoms with van der Waals surface area (Å²) in [7, 11) is -3.80. The number of carbonyl (C=O) groups is 1. The molecule has 1 N–H and O–H groups in total. The van der Waals surface area contributed by atoms with Crippen LogP contribution in [0.2, 0.25) is 0 Å². The highest BCUT2D eigenvalue weighted by atomic mass is 32.2. The monoisotopic (exact) mass is 426 g/mol. The molecule has 29 heavy (non-hydrogen) atoms. The van der Waals surface area contributed by atoms with Gasteiger partial charge in [-0.25, -0.2) is 12.7 Å². The molecule has 0 atom stereocenters. The van der Waals surface area contributed by atoms with Gasteiger partial charge in [0.05, 0.1) is 11.1 Å². The maximum absolute atomic E-state index is 12.6. The first kappa shape index (κ1) is 18.0. The van der Waals surface area contributed by atoms with Crippen LogP contribution in [-0.2, 0) is 10.0 Å². The van der Waals surface area contributed by atoms with Crippen molar-refractivity contribution in [2.24, 2.45) is 0 Å². The lowest BCUT2D eigenvalue weighted by molar-refractivity contribution is 0.0876. The number of rotatable bonds is 5. The Bertz CT molecular complexity index is 1340. The standard InChI is InChI=1S/C19H14N4O4S2/c24-18-13-6-2-4-8-16(13)29(25,26)23(18)9-10-28-19-22-21-17(27-19)14-11-20-15-7-3-1-5-12(14)15/h1-8,11,20H,9-10H2. The molecule has 0 spiro atoms. The van der Waals surface area contributed by atoms with E-state index in [2.05, 4.69) is 15.2 Å². The Hall–Kier alpha value is -3.11. The number of H-pyrrole nitrogens is 1. The average Bonchev–Trinajstić information content (AvgIpc) is 3.41. The zero-order chi connectivity index (χ0) is 20.0. The molecule has 2 aromatic carbocycles. The van der Waals surface area contributed by atoms with Crippen molar-refractivity contribution in [3.63, 3.8) is 0 Å². The van der Waals surface area contributed by atoms with Gasteiger partial charge in [0.1, 0.15) is 4.90 Å². The van der Waals surface area contributed by atoms with Crippen molar-refractivity contribution < 1.29 is 17.6 Å². The highest BCUT2D eigenvalue weighted by Crippen LogP contribution is 2.32. The lowest BCUT2D eigenvalue weighted by atomic mass is 10.2. The van der Waals surface area contributed by atoms with Crippen molar-refractivity contribution >= 4 is 38.6 Å². The molecule has 1 aliphatic heterocycles. The van der Waals surface area contributed by atoms with Gasteiger partial charge < -0.3 is 9.40 Å². The van der Waals surface area contributed by atoms with Crippen LogP contribution in [0, 0.1) is 0 Å². The minimum absolute atomic E-state index is 0.0192. The number of para-hydroxylation sites is 1. The van der Waals surface area contributed by atoms with Crippen molar-refractivity contribution in [1.29, 1.82) is 0 Å². The third-order valence-corrected chi connectivity index (χ3v) is 7.30. The van der Waals surface area contributed by atoms with E-state index < -0.39 is 15.9 Å². The fourth-order valence-electron chi connectivity index (χ4n) is 3.29. The first-order chi connectivity index (χ1) is 14.1. The van der Waals surface area contributed by atoms with Crippen molar-refractivity contribution in [3.05, 3.63) is 60.3 Å². The number of aromatic amines is 1. The highest BCUT2D eigenvalue weighted by molar-refractivity contribution is 7.99. The molecule has 1 aliphatic rings. The second kappa shape index (κ2) is 6.75. The zero-order valence-electron chi connectivity index (χ0n) is 14.9. The van der Waals surface area contributed by atoms with E-state index in [1.807, 2.05) is 24.3 Å². The Morgan fingerprint density at radius 3 is 2.69 bits per heavy atom.